The van der Waals surface area contributed by atoms with Crippen molar-refractivity contribution in [2.45, 2.75) is 62.7 Å². The van der Waals surface area contributed by atoms with E-state index in [2.05, 4.69) is 5.32 Å². The predicted molar refractivity (Wildman–Crippen MR) is 123 cm³/mol. The molecule has 4 rings (SSSR count). The monoisotopic (exact) mass is 473 g/mol. The molecule has 1 aliphatic carbocycles. The van der Waals surface area contributed by atoms with Gasteiger partial charge in [-0.05, 0) is 55.9 Å². The van der Waals surface area contributed by atoms with E-state index < -0.39 is 23.2 Å². The van der Waals surface area contributed by atoms with Crippen LogP contribution in [0.4, 0.5) is 13.2 Å². The summed E-state index contributed by atoms with van der Waals surface area (Å²) in [5.74, 6) is -0.467. The number of nitrogens with two attached hydrogens (primary N) is 1. The summed E-state index contributed by atoms with van der Waals surface area (Å²) in [7, 11) is 0. The SMILES string of the molecule is Cc1ccc(C2(C(=O)NC(Cc3ccc(C(F)(F)F)cc3)C(=O)N3CCCC(N)C3)CC2)cc1. The molecule has 8 heteroatoms. The second-order valence-electron chi connectivity index (χ2n) is 9.56. The van der Waals surface area contributed by atoms with E-state index in [0.717, 1.165) is 36.1 Å². The van der Waals surface area contributed by atoms with Crippen LogP contribution in [0.3, 0.4) is 0 Å². The molecule has 0 bridgehead atoms. The molecule has 0 radical (unpaired) electrons. The lowest BCUT2D eigenvalue weighted by molar-refractivity contribution is -0.138. The normalized spacial score (nSPS) is 20.5. The summed E-state index contributed by atoms with van der Waals surface area (Å²) in [5, 5.41) is 2.94. The van der Waals surface area contributed by atoms with Gasteiger partial charge in [0, 0.05) is 25.6 Å². The van der Waals surface area contributed by atoms with Crippen LogP contribution < -0.4 is 11.1 Å². The Kier molecular flexibility index (Phi) is 6.71. The first-order valence-corrected chi connectivity index (χ1v) is 11.7. The summed E-state index contributed by atoms with van der Waals surface area (Å²) < 4.78 is 38.9. The van der Waals surface area contributed by atoms with E-state index in [0.29, 0.717) is 31.5 Å². The van der Waals surface area contributed by atoms with Gasteiger partial charge in [0.1, 0.15) is 6.04 Å². The molecule has 2 unspecified atom stereocenters. The Morgan fingerprint density at radius 1 is 1.12 bits per heavy atom. The molecule has 2 aromatic carbocycles. The molecule has 2 aromatic rings. The highest BCUT2D eigenvalue weighted by Gasteiger charge is 2.52. The molecule has 2 amide bonds. The highest BCUT2D eigenvalue weighted by Crippen LogP contribution is 2.48. The van der Waals surface area contributed by atoms with Crippen LogP contribution in [-0.2, 0) is 27.6 Å². The standard InChI is InChI=1S/C26H30F3N3O2/c1-17-4-8-19(9-5-17)25(12-13-25)24(34)31-22(23(33)32-14-2-3-21(30)16-32)15-18-6-10-20(11-7-18)26(27,28)29/h4-11,21-22H,2-3,12-16,30H2,1H3,(H,31,34). The zero-order valence-corrected chi connectivity index (χ0v) is 19.2. The summed E-state index contributed by atoms with van der Waals surface area (Å²) in [4.78, 5) is 28.5. The van der Waals surface area contributed by atoms with Crippen molar-refractivity contribution in [3.8, 4) is 0 Å². The Labute approximate surface area is 197 Å². The lowest BCUT2D eigenvalue weighted by atomic mass is 9.93. The number of amides is 2. The number of alkyl halides is 3. The van der Waals surface area contributed by atoms with E-state index in [1.807, 2.05) is 31.2 Å². The summed E-state index contributed by atoms with van der Waals surface area (Å²) in [6, 6.07) is 11.5. The Morgan fingerprint density at radius 3 is 2.32 bits per heavy atom. The van der Waals surface area contributed by atoms with Crippen molar-refractivity contribution < 1.29 is 22.8 Å². The molecule has 182 valence electrons. The molecule has 1 saturated carbocycles. The van der Waals surface area contributed by atoms with Gasteiger partial charge >= 0.3 is 6.18 Å². The molecule has 1 heterocycles. The summed E-state index contributed by atoms with van der Waals surface area (Å²) in [6.45, 7) is 2.93. The van der Waals surface area contributed by atoms with E-state index in [-0.39, 0.29) is 24.3 Å². The van der Waals surface area contributed by atoms with E-state index in [4.69, 9.17) is 5.73 Å². The van der Waals surface area contributed by atoms with Crippen LogP contribution in [0.2, 0.25) is 0 Å². The number of aryl methyl sites for hydroxylation is 1. The fourth-order valence-corrected chi connectivity index (χ4v) is 4.64. The fraction of sp³-hybridized carbons (Fsp3) is 0.462. The molecule has 5 nitrogen and oxygen atoms in total. The lowest BCUT2D eigenvalue weighted by Gasteiger charge is -2.34. The van der Waals surface area contributed by atoms with Gasteiger partial charge in [-0.3, -0.25) is 9.59 Å². The first kappa shape index (κ1) is 24.3. The van der Waals surface area contributed by atoms with Crippen LogP contribution in [0, 0.1) is 6.92 Å². The minimum Gasteiger partial charge on any atom is -0.343 e. The molecule has 2 aliphatic rings. The maximum Gasteiger partial charge on any atom is 0.416 e. The average Bonchev–Trinajstić information content (AvgIpc) is 3.60. The number of hydrogen-bond donors (Lipinski definition) is 2. The molecule has 0 spiro atoms. The lowest BCUT2D eigenvalue weighted by Crippen LogP contribution is -2.55. The molecular formula is C26H30F3N3O2. The first-order valence-electron chi connectivity index (χ1n) is 11.7. The number of rotatable bonds is 6. The van der Waals surface area contributed by atoms with Gasteiger partial charge in [0.05, 0.1) is 11.0 Å². The van der Waals surface area contributed by atoms with Crippen molar-refractivity contribution in [1.82, 2.24) is 10.2 Å². The zero-order valence-electron chi connectivity index (χ0n) is 19.2. The third kappa shape index (κ3) is 5.27. The minimum atomic E-state index is -4.43. The molecule has 0 aromatic heterocycles. The largest absolute Gasteiger partial charge is 0.416 e. The predicted octanol–water partition coefficient (Wildman–Crippen LogP) is 3.72. The highest BCUT2D eigenvalue weighted by atomic mass is 19.4. The van der Waals surface area contributed by atoms with Gasteiger partial charge in [0.25, 0.3) is 0 Å². The molecule has 2 atom stereocenters. The Bertz CT molecular complexity index is 1030. The quantitative estimate of drug-likeness (QED) is 0.672. The number of hydrogen-bond acceptors (Lipinski definition) is 3. The van der Waals surface area contributed by atoms with Crippen molar-refractivity contribution in [1.29, 1.82) is 0 Å². The number of carbonyl (C=O) groups excluding carboxylic acids is 2. The van der Waals surface area contributed by atoms with Gasteiger partial charge in [-0.1, -0.05) is 42.0 Å². The smallest absolute Gasteiger partial charge is 0.343 e. The number of nitrogens with one attached hydrogen (secondary N) is 1. The molecule has 1 saturated heterocycles. The molecule has 3 N–H and O–H groups in total. The van der Waals surface area contributed by atoms with Crippen LogP contribution in [0.1, 0.15) is 47.9 Å². The van der Waals surface area contributed by atoms with E-state index in [1.54, 1.807) is 4.90 Å². The van der Waals surface area contributed by atoms with Crippen LogP contribution in [0.15, 0.2) is 48.5 Å². The van der Waals surface area contributed by atoms with Gasteiger partial charge in [-0.25, -0.2) is 0 Å². The molecule has 2 fully saturated rings. The fourth-order valence-electron chi connectivity index (χ4n) is 4.64. The van der Waals surface area contributed by atoms with E-state index >= 15 is 0 Å². The van der Waals surface area contributed by atoms with Crippen LogP contribution >= 0.6 is 0 Å². The number of likely N-dealkylation sites (tertiary alicyclic amines) is 1. The number of benzene rings is 2. The second-order valence-corrected chi connectivity index (χ2v) is 9.56. The Morgan fingerprint density at radius 2 is 1.76 bits per heavy atom. The van der Waals surface area contributed by atoms with Gasteiger partial charge in [-0.15, -0.1) is 0 Å². The molecule has 1 aliphatic heterocycles. The Hall–Kier alpha value is -2.87. The third-order valence-corrected chi connectivity index (χ3v) is 6.88. The van der Waals surface area contributed by atoms with Gasteiger partial charge in [-0.2, -0.15) is 13.2 Å². The topological polar surface area (TPSA) is 75.4 Å². The Balaban J connectivity index is 1.55. The summed E-state index contributed by atoms with van der Waals surface area (Å²) in [5.41, 5.74) is 7.20. The summed E-state index contributed by atoms with van der Waals surface area (Å²) >= 11 is 0. The minimum absolute atomic E-state index is 0.110. The van der Waals surface area contributed by atoms with Crippen molar-refractivity contribution in [2.24, 2.45) is 5.73 Å². The number of carbonyl (C=O) groups is 2. The van der Waals surface area contributed by atoms with Crippen LogP contribution in [-0.4, -0.2) is 41.9 Å². The van der Waals surface area contributed by atoms with Crippen LogP contribution in [0.25, 0.3) is 0 Å². The van der Waals surface area contributed by atoms with Gasteiger partial charge in [0.15, 0.2) is 0 Å². The third-order valence-electron chi connectivity index (χ3n) is 6.88. The van der Waals surface area contributed by atoms with E-state index in [1.165, 1.54) is 12.1 Å². The number of nitrogens with zero attached hydrogens (tertiary/aromatic N) is 1. The second kappa shape index (κ2) is 9.41. The van der Waals surface area contributed by atoms with Crippen molar-refractivity contribution in [3.05, 3.63) is 70.8 Å². The van der Waals surface area contributed by atoms with Crippen molar-refractivity contribution >= 4 is 11.8 Å². The van der Waals surface area contributed by atoms with Gasteiger partial charge < -0.3 is 16.0 Å². The molecular weight excluding hydrogens is 443 g/mol. The van der Waals surface area contributed by atoms with Crippen LogP contribution in [0.5, 0.6) is 0 Å². The van der Waals surface area contributed by atoms with Crippen molar-refractivity contribution in [2.75, 3.05) is 13.1 Å². The van der Waals surface area contributed by atoms with Gasteiger partial charge in [0.2, 0.25) is 11.8 Å². The maximum atomic E-state index is 13.4. The molecule has 34 heavy (non-hydrogen) atoms. The number of halogens is 3. The average molecular weight is 474 g/mol. The highest BCUT2D eigenvalue weighted by molar-refractivity contribution is 5.95. The maximum absolute atomic E-state index is 13.4. The first-order chi connectivity index (χ1) is 16.1. The van der Waals surface area contributed by atoms with E-state index in [9.17, 15) is 22.8 Å². The zero-order chi connectivity index (χ0) is 24.5. The number of piperidine rings is 1. The summed E-state index contributed by atoms with van der Waals surface area (Å²) in [6.07, 6.45) is -1.33. The van der Waals surface area contributed by atoms with Crippen molar-refractivity contribution in [3.63, 3.8) is 0 Å².